The Morgan fingerprint density at radius 1 is 1.05 bits per heavy atom. The molecule has 0 saturated carbocycles. The van der Waals surface area contributed by atoms with E-state index >= 15 is 0 Å². The number of carbonyl (C=O) groups is 2. The van der Waals surface area contributed by atoms with Crippen molar-refractivity contribution in [2.75, 3.05) is 4.90 Å². The van der Waals surface area contributed by atoms with Gasteiger partial charge in [-0.3, -0.25) is 9.59 Å². The number of aryl methyl sites for hydroxylation is 1. The van der Waals surface area contributed by atoms with Crippen LogP contribution in [0.4, 0.5) is 5.69 Å². The van der Waals surface area contributed by atoms with Gasteiger partial charge in [-0.1, -0.05) is 41.4 Å². The minimum absolute atomic E-state index is 0.291. The maximum absolute atomic E-state index is 12.2. The minimum Gasteiger partial charge on any atom is -0.300 e. The highest BCUT2D eigenvalue weighted by molar-refractivity contribution is 6.52. The van der Waals surface area contributed by atoms with Crippen LogP contribution in [0.3, 0.4) is 0 Å². The topological polar surface area (TPSA) is 37.4 Å². The molecular weight excluding hydrogens is 309 g/mol. The van der Waals surface area contributed by atoms with E-state index in [1.807, 2.05) is 13.0 Å². The molecule has 0 unspecified atom stereocenters. The monoisotopic (exact) mass is 319 g/mol. The number of halogens is 2. The minimum atomic E-state index is -0.509. The number of benzene rings is 2. The van der Waals surface area contributed by atoms with Crippen LogP contribution in [0.2, 0.25) is 10.0 Å². The molecule has 0 atom stereocenters. The molecule has 0 spiro atoms. The van der Waals surface area contributed by atoms with E-state index in [1.54, 1.807) is 30.3 Å². The fourth-order valence-corrected chi connectivity index (χ4v) is 2.83. The first kappa shape index (κ1) is 14.1. The lowest BCUT2D eigenvalue weighted by atomic mass is 10.1. The zero-order valence-corrected chi connectivity index (χ0v) is 12.7. The van der Waals surface area contributed by atoms with E-state index in [4.69, 9.17) is 23.2 Å². The molecule has 106 valence electrons. The Morgan fingerprint density at radius 3 is 2.52 bits per heavy atom. The molecule has 0 N–H and O–H groups in total. The van der Waals surface area contributed by atoms with Gasteiger partial charge >= 0.3 is 0 Å². The van der Waals surface area contributed by atoms with Gasteiger partial charge in [0.2, 0.25) is 0 Å². The zero-order chi connectivity index (χ0) is 15.1. The largest absolute Gasteiger partial charge is 0.300 e. The maximum Gasteiger partial charge on any atom is 0.299 e. The molecule has 0 bridgehead atoms. The number of ketones is 1. The first-order valence-corrected chi connectivity index (χ1v) is 7.14. The third-order valence-corrected chi connectivity index (χ3v) is 4.26. The van der Waals surface area contributed by atoms with E-state index in [0.29, 0.717) is 27.8 Å². The highest BCUT2D eigenvalue weighted by Gasteiger charge is 2.36. The number of hydrogen-bond donors (Lipinski definition) is 0. The molecule has 0 saturated heterocycles. The second-order valence-corrected chi connectivity index (χ2v) is 5.75. The second-order valence-electron chi connectivity index (χ2n) is 4.94. The summed E-state index contributed by atoms with van der Waals surface area (Å²) in [6.07, 6.45) is 0. The van der Waals surface area contributed by atoms with Crippen molar-refractivity contribution in [2.45, 2.75) is 13.5 Å². The summed E-state index contributed by atoms with van der Waals surface area (Å²) in [6, 6.07) is 10.5. The molecule has 3 rings (SSSR count). The molecule has 2 aromatic rings. The van der Waals surface area contributed by atoms with Crippen LogP contribution < -0.4 is 4.90 Å². The average molecular weight is 320 g/mol. The van der Waals surface area contributed by atoms with Gasteiger partial charge in [-0.15, -0.1) is 0 Å². The van der Waals surface area contributed by atoms with E-state index in [-0.39, 0.29) is 0 Å². The number of amides is 1. The maximum atomic E-state index is 12.2. The van der Waals surface area contributed by atoms with Crippen LogP contribution in [0, 0.1) is 6.92 Å². The van der Waals surface area contributed by atoms with Gasteiger partial charge in [0, 0.05) is 0 Å². The lowest BCUT2D eigenvalue weighted by Gasteiger charge is -2.18. The van der Waals surface area contributed by atoms with Crippen LogP contribution in [-0.2, 0) is 11.3 Å². The predicted molar refractivity (Wildman–Crippen MR) is 83.2 cm³/mol. The molecule has 0 fully saturated rings. The summed E-state index contributed by atoms with van der Waals surface area (Å²) in [5.74, 6) is -0.973. The fourth-order valence-electron chi connectivity index (χ4n) is 2.51. The van der Waals surface area contributed by atoms with Crippen molar-refractivity contribution in [3.63, 3.8) is 0 Å². The van der Waals surface area contributed by atoms with Crippen molar-refractivity contribution in [2.24, 2.45) is 0 Å². The Bertz CT molecular complexity index is 771. The van der Waals surface area contributed by atoms with Crippen LogP contribution in [0.5, 0.6) is 0 Å². The summed E-state index contributed by atoms with van der Waals surface area (Å²) in [5.41, 5.74) is 2.85. The molecule has 0 aromatic heterocycles. The van der Waals surface area contributed by atoms with Gasteiger partial charge in [0.25, 0.3) is 11.7 Å². The van der Waals surface area contributed by atoms with Crippen molar-refractivity contribution in [1.82, 2.24) is 0 Å². The van der Waals surface area contributed by atoms with Crippen molar-refractivity contribution in [3.05, 3.63) is 63.1 Å². The highest BCUT2D eigenvalue weighted by atomic mass is 35.5. The normalized spacial score (nSPS) is 13.8. The van der Waals surface area contributed by atoms with Gasteiger partial charge < -0.3 is 4.90 Å². The van der Waals surface area contributed by atoms with Crippen LogP contribution >= 0.6 is 23.2 Å². The van der Waals surface area contributed by atoms with Crippen LogP contribution in [-0.4, -0.2) is 11.7 Å². The SMILES string of the molecule is Cc1cccc2c1N(Cc1ccc(Cl)c(Cl)c1)C(=O)C2=O. The van der Waals surface area contributed by atoms with E-state index in [9.17, 15) is 9.59 Å². The van der Waals surface area contributed by atoms with Crippen molar-refractivity contribution >= 4 is 40.6 Å². The van der Waals surface area contributed by atoms with E-state index in [0.717, 1.165) is 11.1 Å². The molecular formula is C16H11Cl2NO2. The van der Waals surface area contributed by atoms with Crippen LogP contribution in [0.15, 0.2) is 36.4 Å². The molecule has 0 aliphatic carbocycles. The van der Waals surface area contributed by atoms with Gasteiger partial charge in [-0.05, 0) is 36.2 Å². The van der Waals surface area contributed by atoms with Crippen molar-refractivity contribution in [3.8, 4) is 0 Å². The first-order chi connectivity index (χ1) is 9.99. The van der Waals surface area contributed by atoms with Gasteiger partial charge in [0.1, 0.15) is 0 Å². The van der Waals surface area contributed by atoms with Gasteiger partial charge in [-0.2, -0.15) is 0 Å². The van der Waals surface area contributed by atoms with Crippen molar-refractivity contribution < 1.29 is 9.59 Å². The summed E-state index contributed by atoms with van der Waals surface area (Å²) in [6.45, 7) is 2.17. The molecule has 1 aliphatic rings. The van der Waals surface area contributed by atoms with Crippen LogP contribution in [0.25, 0.3) is 0 Å². The number of para-hydroxylation sites is 1. The number of nitrogens with zero attached hydrogens (tertiary/aromatic N) is 1. The number of anilines is 1. The summed E-state index contributed by atoms with van der Waals surface area (Å²) in [7, 11) is 0. The molecule has 1 aliphatic heterocycles. The van der Waals surface area contributed by atoms with Gasteiger partial charge in [-0.25, -0.2) is 0 Å². The molecule has 5 heteroatoms. The number of rotatable bonds is 2. The zero-order valence-electron chi connectivity index (χ0n) is 11.2. The predicted octanol–water partition coefficient (Wildman–Crippen LogP) is 4.03. The Kier molecular flexibility index (Phi) is 3.47. The second kappa shape index (κ2) is 5.17. The number of fused-ring (bicyclic) bond motifs is 1. The van der Waals surface area contributed by atoms with Gasteiger partial charge in [0.05, 0.1) is 27.8 Å². The molecule has 3 nitrogen and oxygen atoms in total. The molecule has 1 heterocycles. The summed E-state index contributed by atoms with van der Waals surface area (Å²) < 4.78 is 0. The summed E-state index contributed by atoms with van der Waals surface area (Å²) in [5, 5.41) is 0.887. The van der Waals surface area contributed by atoms with Crippen LogP contribution in [0.1, 0.15) is 21.5 Å². The standard InChI is InChI=1S/C16H11Cl2NO2/c1-9-3-2-4-11-14(9)19(16(21)15(11)20)8-10-5-6-12(17)13(18)7-10/h2-7H,8H2,1H3. The first-order valence-electron chi connectivity index (χ1n) is 6.39. The quantitative estimate of drug-likeness (QED) is 0.784. The van der Waals surface area contributed by atoms with Gasteiger partial charge in [0.15, 0.2) is 0 Å². The Labute approximate surface area is 132 Å². The summed E-state index contributed by atoms with van der Waals surface area (Å²) in [4.78, 5) is 25.7. The molecule has 1 amide bonds. The summed E-state index contributed by atoms with van der Waals surface area (Å²) >= 11 is 11.9. The third kappa shape index (κ3) is 2.33. The van der Waals surface area contributed by atoms with E-state index in [1.165, 1.54) is 4.90 Å². The Hall–Kier alpha value is -1.84. The Morgan fingerprint density at radius 2 is 1.81 bits per heavy atom. The van der Waals surface area contributed by atoms with Crippen molar-refractivity contribution in [1.29, 1.82) is 0 Å². The Balaban J connectivity index is 2.02. The number of hydrogen-bond acceptors (Lipinski definition) is 2. The smallest absolute Gasteiger partial charge is 0.299 e. The number of Topliss-reactive ketones (excluding diaryl/α,β-unsaturated/α-hetero) is 1. The average Bonchev–Trinajstić information content (AvgIpc) is 2.69. The molecule has 0 radical (unpaired) electrons. The lowest BCUT2D eigenvalue weighted by Crippen LogP contribution is -2.29. The van der Waals surface area contributed by atoms with E-state index < -0.39 is 11.7 Å². The highest BCUT2D eigenvalue weighted by Crippen LogP contribution is 2.34. The number of carbonyl (C=O) groups excluding carboxylic acids is 2. The lowest BCUT2D eigenvalue weighted by molar-refractivity contribution is -0.114. The fraction of sp³-hybridized carbons (Fsp3) is 0.125. The third-order valence-electron chi connectivity index (χ3n) is 3.52. The molecule has 21 heavy (non-hydrogen) atoms. The van der Waals surface area contributed by atoms with E-state index in [2.05, 4.69) is 0 Å². The molecule has 2 aromatic carbocycles.